The van der Waals surface area contributed by atoms with Crippen LogP contribution in [0.3, 0.4) is 0 Å². The fourth-order valence-electron chi connectivity index (χ4n) is 1.00. The number of rotatable bonds is 6. The summed E-state index contributed by atoms with van der Waals surface area (Å²) in [5.41, 5.74) is 0.221. The lowest BCUT2D eigenvalue weighted by Gasteiger charge is -2.24. The number of tetrazole rings is 1. The van der Waals surface area contributed by atoms with E-state index in [0.717, 1.165) is 23.9 Å². The Morgan fingerprint density at radius 1 is 1.47 bits per heavy atom. The molecule has 0 saturated carbocycles. The molecular weight excluding hydrogens is 210 g/mol. The summed E-state index contributed by atoms with van der Waals surface area (Å²) < 4.78 is 1.69. The summed E-state index contributed by atoms with van der Waals surface area (Å²) in [5.74, 6) is 0.984. The van der Waals surface area contributed by atoms with Gasteiger partial charge in [0, 0.05) is 24.9 Å². The molecule has 5 nitrogen and oxygen atoms in total. The molecule has 0 fully saturated rings. The highest BCUT2D eigenvalue weighted by molar-refractivity contribution is 7.99. The van der Waals surface area contributed by atoms with Crippen molar-refractivity contribution >= 4 is 11.8 Å². The number of aromatic nitrogens is 4. The zero-order valence-electron chi connectivity index (χ0n) is 9.82. The first-order chi connectivity index (χ1) is 7.05. The molecule has 1 aromatic heterocycles. The molecule has 0 aliphatic carbocycles. The van der Waals surface area contributed by atoms with Crippen LogP contribution in [-0.2, 0) is 7.05 Å². The maximum atomic E-state index is 3.91. The smallest absolute Gasteiger partial charge is 0.209 e. The monoisotopic (exact) mass is 229 g/mol. The second-order valence-electron chi connectivity index (χ2n) is 4.10. The predicted molar refractivity (Wildman–Crippen MR) is 61.9 cm³/mol. The van der Waals surface area contributed by atoms with Crippen molar-refractivity contribution in [1.29, 1.82) is 0 Å². The third-order valence-electron chi connectivity index (χ3n) is 2.40. The zero-order valence-corrected chi connectivity index (χ0v) is 10.6. The van der Waals surface area contributed by atoms with Gasteiger partial charge in [-0.1, -0.05) is 18.7 Å². The standard InChI is InChI=1S/C9H19N5S/c1-5-9(2,3)10-6-7-15-8-11-12-13-14(8)4/h10H,5-7H2,1-4H3. The molecule has 0 aromatic carbocycles. The van der Waals surface area contributed by atoms with Gasteiger partial charge in [0.1, 0.15) is 0 Å². The van der Waals surface area contributed by atoms with E-state index in [1.54, 1.807) is 16.4 Å². The first-order valence-corrected chi connectivity index (χ1v) is 6.14. The maximum absolute atomic E-state index is 3.91. The average molecular weight is 229 g/mol. The van der Waals surface area contributed by atoms with Crippen molar-refractivity contribution in [2.45, 2.75) is 37.9 Å². The van der Waals surface area contributed by atoms with E-state index in [2.05, 4.69) is 41.6 Å². The minimum absolute atomic E-state index is 0.221. The Morgan fingerprint density at radius 2 is 2.20 bits per heavy atom. The highest BCUT2D eigenvalue weighted by Gasteiger charge is 2.13. The molecule has 0 bridgehead atoms. The molecule has 0 saturated heterocycles. The van der Waals surface area contributed by atoms with Gasteiger partial charge in [0.2, 0.25) is 5.16 Å². The summed E-state index contributed by atoms with van der Waals surface area (Å²) in [6.45, 7) is 7.58. The lowest BCUT2D eigenvalue weighted by Crippen LogP contribution is -2.39. The Bertz CT molecular complexity index is 296. The van der Waals surface area contributed by atoms with Gasteiger partial charge >= 0.3 is 0 Å². The third kappa shape index (κ3) is 4.17. The molecule has 86 valence electrons. The fourth-order valence-corrected chi connectivity index (χ4v) is 1.70. The van der Waals surface area contributed by atoms with Crippen molar-refractivity contribution < 1.29 is 0 Å². The van der Waals surface area contributed by atoms with E-state index in [1.807, 2.05) is 7.05 Å². The van der Waals surface area contributed by atoms with Gasteiger partial charge in [-0.25, -0.2) is 4.68 Å². The van der Waals surface area contributed by atoms with Crippen LogP contribution in [-0.4, -0.2) is 38.0 Å². The SMILES string of the molecule is CCC(C)(C)NCCSc1nnnn1C. The summed E-state index contributed by atoms with van der Waals surface area (Å²) in [6, 6.07) is 0. The molecule has 1 rings (SSSR count). The molecule has 0 amide bonds. The quantitative estimate of drug-likeness (QED) is 0.584. The fraction of sp³-hybridized carbons (Fsp3) is 0.889. The molecular formula is C9H19N5S. The van der Waals surface area contributed by atoms with Crippen LogP contribution in [0, 0.1) is 0 Å². The molecule has 6 heteroatoms. The van der Waals surface area contributed by atoms with Crippen LogP contribution in [0.15, 0.2) is 5.16 Å². The van der Waals surface area contributed by atoms with Gasteiger partial charge < -0.3 is 5.32 Å². The summed E-state index contributed by atoms with van der Waals surface area (Å²) >= 11 is 1.67. The van der Waals surface area contributed by atoms with Crippen LogP contribution in [0.2, 0.25) is 0 Å². The molecule has 1 aromatic rings. The Kier molecular flexibility index (Phi) is 4.53. The Balaban J connectivity index is 2.20. The van der Waals surface area contributed by atoms with Crippen LogP contribution >= 0.6 is 11.8 Å². The lowest BCUT2D eigenvalue weighted by molar-refractivity contribution is 0.388. The molecule has 0 spiro atoms. The van der Waals surface area contributed by atoms with E-state index in [9.17, 15) is 0 Å². The molecule has 0 aliphatic rings. The number of aryl methyl sites for hydroxylation is 1. The third-order valence-corrected chi connectivity index (χ3v) is 3.41. The van der Waals surface area contributed by atoms with Crippen molar-refractivity contribution in [3.05, 3.63) is 0 Å². The maximum Gasteiger partial charge on any atom is 0.209 e. The van der Waals surface area contributed by atoms with Crippen molar-refractivity contribution in [3.63, 3.8) is 0 Å². The molecule has 1 heterocycles. The zero-order chi connectivity index (χ0) is 11.3. The Morgan fingerprint density at radius 3 is 2.73 bits per heavy atom. The molecule has 15 heavy (non-hydrogen) atoms. The van der Waals surface area contributed by atoms with Gasteiger partial charge in [-0.05, 0) is 30.7 Å². The minimum atomic E-state index is 0.221. The van der Waals surface area contributed by atoms with E-state index < -0.39 is 0 Å². The average Bonchev–Trinajstić information content (AvgIpc) is 2.59. The summed E-state index contributed by atoms with van der Waals surface area (Å²) in [5, 5.41) is 15.6. The van der Waals surface area contributed by atoms with Crippen LogP contribution < -0.4 is 5.32 Å². The number of thioether (sulfide) groups is 1. The van der Waals surface area contributed by atoms with Gasteiger partial charge in [0.25, 0.3) is 0 Å². The first-order valence-electron chi connectivity index (χ1n) is 5.15. The predicted octanol–water partition coefficient (Wildman–Crippen LogP) is 1.08. The van der Waals surface area contributed by atoms with Gasteiger partial charge in [0.15, 0.2) is 0 Å². The van der Waals surface area contributed by atoms with Crippen molar-refractivity contribution in [2.75, 3.05) is 12.3 Å². The molecule has 0 aliphatic heterocycles. The summed E-state index contributed by atoms with van der Waals surface area (Å²) in [6.07, 6.45) is 1.13. The number of nitrogens with one attached hydrogen (secondary N) is 1. The van der Waals surface area contributed by atoms with Crippen LogP contribution in [0.1, 0.15) is 27.2 Å². The van der Waals surface area contributed by atoms with Crippen molar-refractivity contribution in [2.24, 2.45) is 7.05 Å². The van der Waals surface area contributed by atoms with Gasteiger partial charge in [-0.15, -0.1) is 5.10 Å². The number of nitrogens with zero attached hydrogens (tertiary/aromatic N) is 4. The summed E-state index contributed by atoms with van der Waals surface area (Å²) in [4.78, 5) is 0. The number of hydrogen-bond acceptors (Lipinski definition) is 5. The number of hydrogen-bond donors (Lipinski definition) is 1. The minimum Gasteiger partial charge on any atom is -0.311 e. The highest BCUT2D eigenvalue weighted by Crippen LogP contribution is 2.12. The lowest BCUT2D eigenvalue weighted by atomic mass is 10.0. The van der Waals surface area contributed by atoms with Crippen LogP contribution in [0.25, 0.3) is 0 Å². The molecule has 0 atom stereocenters. The molecule has 0 radical (unpaired) electrons. The highest BCUT2D eigenvalue weighted by atomic mass is 32.2. The van der Waals surface area contributed by atoms with E-state index >= 15 is 0 Å². The first kappa shape index (κ1) is 12.4. The van der Waals surface area contributed by atoms with Crippen LogP contribution in [0.5, 0.6) is 0 Å². The normalized spacial score (nSPS) is 12.0. The van der Waals surface area contributed by atoms with Gasteiger partial charge in [0.05, 0.1) is 0 Å². The van der Waals surface area contributed by atoms with E-state index in [0.29, 0.717) is 0 Å². The Hall–Kier alpha value is -0.620. The van der Waals surface area contributed by atoms with Crippen LogP contribution in [0.4, 0.5) is 0 Å². The van der Waals surface area contributed by atoms with Gasteiger partial charge in [-0.3, -0.25) is 0 Å². The second-order valence-corrected chi connectivity index (χ2v) is 5.16. The molecule has 1 N–H and O–H groups in total. The summed E-state index contributed by atoms with van der Waals surface area (Å²) in [7, 11) is 1.85. The topological polar surface area (TPSA) is 55.6 Å². The second kappa shape index (κ2) is 5.46. The van der Waals surface area contributed by atoms with Crippen molar-refractivity contribution in [1.82, 2.24) is 25.5 Å². The molecule has 0 unspecified atom stereocenters. The largest absolute Gasteiger partial charge is 0.311 e. The van der Waals surface area contributed by atoms with Crippen molar-refractivity contribution in [3.8, 4) is 0 Å². The van der Waals surface area contributed by atoms with E-state index in [4.69, 9.17) is 0 Å². The van der Waals surface area contributed by atoms with Gasteiger partial charge in [-0.2, -0.15) is 0 Å². The van der Waals surface area contributed by atoms with E-state index in [1.165, 1.54) is 0 Å². The van der Waals surface area contributed by atoms with E-state index in [-0.39, 0.29) is 5.54 Å². The Labute approximate surface area is 95.0 Å².